The first kappa shape index (κ1) is 12.9. The van der Waals surface area contributed by atoms with Crippen LogP contribution in [0.15, 0.2) is 6.07 Å². The van der Waals surface area contributed by atoms with Crippen molar-refractivity contribution in [3.63, 3.8) is 0 Å². The molecule has 1 N–H and O–H groups in total. The lowest BCUT2D eigenvalue weighted by Gasteiger charge is -2.19. The molecule has 1 aromatic rings. The van der Waals surface area contributed by atoms with Crippen molar-refractivity contribution in [3.8, 4) is 5.75 Å². The molecule has 5 nitrogen and oxygen atoms in total. The predicted molar refractivity (Wildman–Crippen MR) is 62.3 cm³/mol. The van der Waals surface area contributed by atoms with E-state index >= 15 is 0 Å². The fourth-order valence-electron chi connectivity index (χ4n) is 1.77. The minimum absolute atomic E-state index is 0.0428. The first-order valence-corrected chi connectivity index (χ1v) is 5.88. The summed E-state index contributed by atoms with van der Waals surface area (Å²) in [6.45, 7) is 2.14. The summed E-state index contributed by atoms with van der Waals surface area (Å²) in [5.74, 6) is -0.415. The SMILES string of the molecule is CC[C@@H]1CN(C(=O)O)Cc2nc(Cl)c(F)cc2O1. The molecule has 1 aromatic heterocycles. The van der Waals surface area contributed by atoms with E-state index in [0.29, 0.717) is 12.1 Å². The van der Waals surface area contributed by atoms with Crippen LogP contribution in [0.4, 0.5) is 9.18 Å². The fourth-order valence-corrected chi connectivity index (χ4v) is 1.92. The molecule has 0 fully saturated rings. The lowest BCUT2D eigenvalue weighted by atomic mass is 10.2. The molecule has 1 amide bonds. The number of rotatable bonds is 1. The van der Waals surface area contributed by atoms with Gasteiger partial charge in [-0.25, -0.2) is 14.2 Å². The van der Waals surface area contributed by atoms with E-state index in [1.54, 1.807) is 0 Å². The van der Waals surface area contributed by atoms with Gasteiger partial charge < -0.3 is 9.84 Å². The maximum absolute atomic E-state index is 13.3. The average Bonchev–Trinajstić information content (AvgIpc) is 2.49. The summed E-state index contributed by atoms with van der Waals surface area (Å²) in [4.78, 5) is 16.1. The maximum Gasteiger partial charge on any atom is 0.407 e. The average molecular weight is 275 g/mol. The van der Waals surface area contributed by atoms with Crippen LogP contribution in [-0.4, -0.2) is 33.7 Å². The third-order valence-electron chi connectivity index (χ3n) is 2.76. The van der Waals surface area contributed by atoms with Crippen molar-refractivity contribution in [1.29, 1.82) is 0 Å². The molecule has 0 aromatic carbocycles. The normalized spacial score (nSPS) is 18.8. The van der Waals surface area contributed by atoms with Gasteiger partial charge in [0.05, 0.1) is 13.1 Å². The van der Waals surface area contributed by atoms with Gasteiger partial charge in [-0.05, 0) is 6.42 Å². The lowest BCUT2D eigenvalue weighted by Crippen LogP contribution is -2.36. The maximum atomic E-state index is 13.3. The standard InChI is InChI=1S/C11H12ClFN2O3/c1-2-6-4-15(11(16)17)5-8-9(18-6)3-7(13)10(12)14-8/h3,6H,2,4-5H2,1H3,(H,16,17)/t6-/m1/s1. The first-order valence-electron chi connectivity index (χ1n) is 5.50. The minimum atomic E-state index is -1.06. The van der Waals surface area contributed by atoms with Gasteiger partial charge in [-0.3, -0.25) is 4.90 Å². The van der Waals surface area contributed by atoms with Gasteiger partial charge in [0, 0.05) is 6.07 Å². The van der Waals surface area contributed by atoms with Crippen molar-refractivity contribution in [3.05, 3.63) is 22.7 Å². The van der Waals surface area contributed by atoms with Crippen LogP contribution in [0.3, 0.4) is 0 Å². The van der Waals surface area contributed by atoms with E-state index in [0.717, 1.165) is 6.07 Å². The van der Waals surface area contributed by atoms with Crippen molar-refractivity contribution in [2.75, 3.05) is 6.54 Å². The Kier molecular flexibility index (Phi) is 3.56. The molecule has 1 atom stereocenters. The van der Waals surface area contributed by atoms with Gasteiger partial charge in [0.15, 0.2) is 11.0 Å². The second-order valence-electron chi connectivity index (χ2n) is 4.02. The molecule has 0 unspecified atom stereocenters. The zero-order valence-electron chi connectivity index (χ0n) is 9.69. The number of hydrogen-bond acceptors (Lipinski definition) is 3. The van der Waals surface area contributed by atoms with E-state index in [1.807, 2.05) is 6.92 Å². The predicted octanol–water partition coefficient (Wildman–Crippen LogP) is 2.53. The molecule has 0 radical (unpaired) electrons. The lowest BCUT2D eigenvalue weighted by molar-refractivity contribution is 0.114. The quantitative estimate of drug-likeness (QED) is 0.800. The van der Waals surface area contributed by atoms with E-state index in [4.69, 9.17) is 21.4 Å². The number of carbonyl (C=O) groups is 1. The van der Waals surface area contributed by atoms with Gasteiger partial charge in [0.25, 0.3) is 0 Å². The van der Waals surface area contributed by atoms with E-state index in [2.05, 4.69) is 4.98 Å². The number of aromatic nitrogens is 1. The fraction of sp³-hybridized carbons (Fsp3) is 0.455. The zero-order chi connectivity index (χ0) is 13.3. The highest BCUT2D eigenvalue weighted by Gasteiger charge is 2.26. The van der Waals surface area contributed by atoms with Gasteiger partial charge in [-0.1, -0.05) is 18.5 Å². The molecule has 1 aliphatic rings. The van der Waals surface area contributed by atoms with Crippen LogP contribution in [0, 0.1) is 5.82 Å². The Morgan fingerprint density at radius 2 is 2.50 bits per heavy atom. The Labute approximate surface area is 108 Å². The van der Waals surface area contributed by atoms with Crippen LogP contribution in [0.2, 0.25) is 5.15 Å². The van der Waals surface area contributed by atoms with E-state index in [-0.39, 0.29) is 30.1 Å². The Morgan fingerprint density at radius 1 is 1.78 bits per heavy atom. The largest absolute Gasteiger partial charge is 0.486 e. The molecule has 7 heteroatoms. The Hall–Kier alpha value is -1.56. The second-order valence-corrected chi connectivity index (χ2v) is 4.38. The molecule has 0 bridgehead atoms. The number of hydrogen-bond donors (Lipinski definition) is 1. The molecule has 0 saturated carbocycles. The van der Waals surface area contributed by atoms with Crippen LogP contribution in [-0.2, 0) is 6.54 Å². The second kappa shape index (κ2) is 4.97. The third kappa shape index (κ3) is 2.48. The summed E-state index contributed by atoms with van der Waals surface area (Å²) < 4.78 is 18.9. The van der Waals surface area contributed by atoms with Crippen LogP contribution in [0.5, 0.6) is 5.75 Å². The van der Waals surface area contributed by atoms with E-state index < -0.39 is 11.9 Å². The van der Waals surface area contributed by atoms with Crippen molar-refractivity contribution < 1.29 is 19.0 Å². The van der Waals surface area contributed by atoms with Gasteiger partial charge in [-0.2, -0.15) is 0 Å². The molecule has 0 spiro atoms. The molecule has 18 heavy (non-hydrogen) atoms. The minimum Gasteiger partial charge on any atom is -0.486 e. The van der Waals surface area contributed by atoms with E-state index in [9.17, 15) is 9.18 Å². The topological polar surface area (TPSA) is 62.7 Å². The van der Waals surface area contributed by atoms with Gasteiger partial charge in [0.1, 0.15) is 17.5 Å². The molecule has 0 aliphatic carbocycles. The van der Waals surface area contributed by atoms with Crippen molar-refractivity contribution >= 4 is 17.7 Å². The van der Waals surface area contributed by atoms with Crippen molar-refractivity contribution in [2.45, 2.75) is 26.0 Å². The molecule has 0 saturated heterocycles. The summed E-state index contributed by atoms with van der Waals surface area (Å²) in [6, 6.07) is 1.15. The van der Waals surface area contributed by atoms with Gasteiger partial charge in [0.2, 0.25) is 0 Å². The van der Waals surface area contributed by atoms with Crippen LogP contribution >= 0.6 is 11.6 Å². The highest BCUT2D eigenvalue weighted by molar-refractivity contribution is 6.29. The molecule has 1 aliphatic heterocycles. The number of amides is 1. The number of fused-ring (bicyclic) bond motifs is 1. The number of ether oxygens (including phenoxy) is 1. The zero-order valence-corrected chi connectivity index (χ0v) is 10.4. The van der Waals surface area contributed by atoms with Crippen LogP contribution < -0.4 is 4.74 Å². The number of carboxylic acid groups (broad SMARTS) is 1. The Balaban J connectivity index is 2.40. The smallest absolute Gasteiger partial charge is 0.407 e. The molecule has 2 rings (SSSR count). The Bertz CT molecular complexity index is 484. The monoisotopic (exact) mass is 274 g/mol. The summed E-state index contributed by atoms with van der Waals surface area (Å²) >= 11 is 5.59. The highest BCUT2D eigenvalue weighted by Crippen LogP contribution is 2.28. The highest BCUT2D eigenvalue weighted by atomic mass is 35.5. The number of halogens is 2. The van der Waals surface area contributed by atoms with Gasteiger partial charge >= 0.3 is 6.09 Å². The van der Waals surface area contributed by atoms with Gasteiger partial charge in [-0.15, -0.1) is 0 Å². The summed E-state index contributed by atoms with van der Waals surface area (Å²) in [5, 5.41) is 8.78. The molecule has 98 valence electrons. The van der Waals surface area contributed by atoms with Crippen molar-refractivity contribution in [2.24, 2.45) is 0 Å². The first-order chi connectivity index (χ1) is 8.51. The molecule has 2 heterocycles. The van der Waals surface area contributed by atoms with Crippen molar-refractivity contribution in [1.82, 2.24) is 9.88 Å². The summed E-state index contributed by atoms with van der Waals surface area (Å²) in [6.07, 6.45) is -0.759. The number of nitrogens with zero attached hydrogens (tertiary/aromatic N) is 2. The summed E-state index contributed by atoms with van der Waals surface area (Å²) in [5.41, 5.74) is 0.333. The van der Waals surface area contributed by atoms with Crippen LogP contribution in [0.1, 0.15) is 19.0 Å². The van der Waals surface area contributed by atoms with Crippen LogP contribution in [0.25, 0.3) is 0 Å². The number of pyridine rings is 1. The Morgan fingerprint density at radius 3 is 3.11 bits per heavy atom. The summed E-state index contributed by atoms with van der Waals surface area (Å²) in [7, 11) is 0. The molecular weight excluding hydrogens is 263 g/mol. The van der Waals surface area contributed by atoms with E-state index in [1.165, 1.54) is 4.90 Å². The molecular formula is C11H12ClFN2O3. The third-order valence-corrected chi connectivity index (χ3v) is 3.02.